The number of phenols is 1. The van der Waals surface area contributed by atoms with Gasteiger partial charge in [0.15, 0.2) is 11.7 Å². The largest absolute Gasteiger partial charge is 0.508 e. The Hall–Kier alpha value is -4.20. The molecule has 14 nitrogen and oxygen atoms in total. The van der Waals surface area contributed by atoms with E-state index < -0.39 is 53.7 Å². The number of phenolic OH excluding ortho intramolecular Hbond substituents is 1. The summed E-state index contributed by atoms with van der Waals surface area (Å²) in [5.41, 5.74) is 17.5. The number of aliphatic carboxylic acids is 1. The highest BCUT2D eigenvalue weighted by molar-refractivity contribution is 5.96. The number of carboxylic acid groups (broad SMARTS) is 1. The molecule has 1 aromatic carbocycles. The molecule has 3 amide bonds. The summed E-state index contributed by atoms with van der Waals surface area (Å²) in [6.07, 6.45) is 2.41. The normalized spacial score (nSPS) is 17.7. The van der Waals surface area contributed by atoms with Crippen molar-refractivity contribution in [2.45, 2.75) is 103 Å². The number of carboxylic acids is 1. The van der Waals surface area contributed by atoms with Crippen LogP contribution in [0.3, 0.4) is 0 Å². The second-order valence-electron chi connectivity index (χ2n) is 12.9. The average Bonchev–Trinajstić information content (AvgIpc) is 3.51. The molecule has 262 valence electrons. The Bertz CT molecular complexity index is 1250. The fourth-order valence-corrected chi connectivity index (χ4v) is 5.74. The standard InChI is InChI=1S/C33H53N7O7/c1-5-20(4)28(27(42)18-22(32(46)47)16-19(2)3)39-29(43)25(17-21-10-12-23(41)13-11-21)38-30(44)26-9-7-15-40(26)31(45)24(34)8-6-14-37-33(35)36/h10-13,19-20,22,24-26,28,41H,5-9,14-18,34H2,1-4H3,(H,38,44)(H,39,43)(H,46,47)(H4,35,36,37)/t20-,22+,24-,25-,26-,28-/m0/s1. The molecule has 10 N–H and O–H groups in total. The van der Waals surface area contributed by atoms with Gasteiger partial charge in [0.05, 0.1) is 18.0 Å². The van der Waals surface area contributed by atoms with Gasteiger partial charge >= 0.3 is 5.97 Å². The van der Waals surface area contributed by atoms with Crippen LogP contribution >= 0.6 is 0 Å². The fraction of sp³-hybridized carbons (Fsp3) is 0.636. The van der Waals surface area contributed by atoms with Crippen molar-refractivity contribution in [3.8, 4) is 5.75 Å². The number of nitrogens with two attached hydrogens (primary N) is 3. The van der Waals surface area contributed by atoms with Crippen molar-refractivity contribution in [1.82, 2.24) is 15.5 Å². The topological polar surface area (TPSA) is 244 Å². The SMILES string of the molecule is CC[C@H](C)[C@H](NC(=O)[C@H](Cc1ccc(O)cc1)NC(=O)[C@@H]1CCCN1C(=O)[C@@H](N)CCCN=C(N)N)C(=O)C[C@@H](CC(C)C)C(=O)O. The number of ketones is 1. The predicted octanol–water partition coefficient (Wildman–Crippen LogP) is 1.03. The lowest BCUT2D eigenvalue weighted by Gasteiger charge is -2.30. The molecule has 0 saturated carbocycles. The van der Waals surface area contributed by atoms with E-state index in [1.165, 1.54) is 17.0 Å². The number of nitrogens with zero attached hydrogens (tertiary/aromatic N) is 2. The summed E-state index contributed by atoms with van der Waals surface area (Å²) in [5, 5.41) is 25.1. The average molecular weight is 660 g/mol. The summed E-state index contributed by atoms with van der Waals surface area (Å²) < 4.78 is 0. The molecule has 0 radical (unpaired) electrons. The van der Waals surface area contributed by atoms with Crippen LogP contribution in [0.2, 0.25) is 0 Å². The first kappa shape index (κ1) is 39.0. The summed E-state index contributed by atoms with van der Waals surface area (Å²) in [4.78, 5) is 71.4. The van der Waals surface area contributed by atoms with E-state index in [0.29, 0.717) is 57.2 Å². The molecule has 0 spiro atoms. The summed E-state index contributed by atoms with van der Waals surface area (Å²) >= 11 is 0. The number of likely N-dealkylation sites (tertiary alicyclic amines) is 1. The van der Waals surface area contributed by atoms with E-state index in [-0.39, 0.29) is 42.3 Å². The fourth-order valence-electron chi connectivity index (χ4n) is 5.74. The molecular formula is C33H53N7O7. The number of hydrogen-bond acceptors (Lipinski definition) is 8. The van der Waals surface area contributed by atoms with Gasteiger partial charge in [-0.2, -0.15) is 0 Å². The van der Waals surface area contributed by atoms with Crippen molar-refractivity contribution in [2.24, 2.45) is 39.9 Å². The van der Waals surface area contributed by atoms with E-state index in [0.717, 1.165) is 0 Å². The second-order valence-corrected chi connectivity index (χ2v) is 12.9. The zero-order valence-electron chi connectivity index (χ0n) is 28.0. The van der Waals surface area contributed by atoms with Crippen LogP contribution in [0.4, 0.5) is 0 Å². The van der Waals surface area contributed by atoms with Gasteiger partial charge in [0.2, 0.25) is 17.7 Å². The maximum absolute atomic E-state index is 13.8. The number of nitrogens with one attached hydrogen (secondary N) is 2. The third-order valence-corrected chi connectivity index (χ3v) is 8.54. The Labute approximate surface area is 276 Å². The molecule has 1 aliphatic heterocycles. The van der Waals surface area contributed by atoms with Gasteiger partial charge in [0.25, 0.3) is 0 Å². The van der Waals surface area contributed by atoms with Gasteiger partial charge in [0.1, 0.15) is 17.8 Å². The smallest absolute Gasteiger partial charge is 0.306 e. The lowest BCUT2D eigenvalue weighted by atomic mass is 9.86. The zero-order chi connectivity index (χ0) is 35.3. The van der Waals surface area contributed by atoms with E-state index in [1.807, 2.05) is 20.8 Å². The van der Waals surface area contributed by atoms with Crippen LogP contribution in [-0.4, -0.2) is 87.8 Å². The first-order valence-electron chi connectivity index (χ1n) is 16.4. The predicted molar refractivity (Wildman–Crippen MR) is 178 cm³/mol. The van der Waals surface area contributed by atoms with Crippen LogP contribution in [0, 0.1) is 17.8 Å². The highest BCUT2D eigenvalue weighted by Gasteiger charge is 2.38. The van der Waals surface area contributed by atoms with E-state index in [2.05, 4.69) is 15.6 Å². The third kappa shape index (κ3) is 12.5. The molecule has 1 aromatic rings. The molecule has 2 rings (SSSR count). The van der Waals surface area contributed by atoms with Crippen LogP contribution in [0.15, 0.2) is 29.3 Å². The number of guanidine groups is 1. The van der Waals surface area contributed by atoms with Crippen LogP contribution in [0.25, 0.3) is 0 Å². The molecule has 14 heteroatoms. The summed E-state index contributed by atoms with van der Waals surface area (Å²) in [5.74, 6) is -4.14. The molecule has 1 saturated heterocycles. The molecule has 47 heavy (non-hydrogen) atoms. The van der Waals surface area contributed by atoms with Crippen LogP contribution < -0.4 is 27.8 Å². The Morgan fingerprint density at radius 3 is 2.30 bits per heavy atom. The molecule has 0 aliphatic carbocycles. The number of rotatable bonds is 19. The Kier molecular flexibility index (Phi) is 15.6. The Morgan fingerprint density at radius 1 is 1.06 bits per heavy atom. The van der Waals surface area contributed by atoms with E-state index in [1.54, 1.807) is 19.1 Å². The number of hydrogen-bond donors (Lipinski definition) is 7. The minimum absolute atomic E-state index is 0.0327. The van der Waals surface area contributed by atoms with Crippen molar-refractivity contribution in [1.29, 1.82) is 0 Å². The second kappa shape index (κ2) is 18.8. The Morgan fingerprint density at radius 2 is 1.72 bits per heavy atom. The first-order valence-corrected chi connectivity index (χ1v) is 16.4. The maximum Gasteiger partial charge on any atom is 0.306 e. The molecule has 1 fully saturated rings. The molecule has 0 bridgehead atoms. The molecule has 1 heterocycles. The molecule has 0 unspecified atom stereocenters. The molecule has 6 atom stereocenters. The summed E-state index contributed by atoms with van der Waals surface area (Å²) in [7, 11) is 0. The van der Waals surface area contributed by atoms with Gasteiger partial charge in [-0.25, -0.2) is 0 Å². The van der Waals surface area contributed by atoms with Gasteiger partial charge in [-0.3, -0.25) is 29.0 Å². The maximum atomic E-state index is 13.8. The van der Waals surface area contributed by atoms with Crippen molar-refractivity contribution in [3.63, 3.8) is 0 Å². The number of aromatic hydroxyl groups is 1. The lowest BCUT2D eigenvalue weighted by molar-refractivity contribution is -0.145. The monoisotopic (exact) mass is 659 g/mol. The minimum atomic E-state index is -1.14. The number of benzene rings is 1. The minimum Gasteiger partial charge on any atom is -0.508 e. The van der Waals surface area contributed by atoms with Gasteiger partial charge in [-0.05, 0) is 61.6 Å². The van der Waals surface area contributed by atoms with Crippen molar-refractivity contribution in [3.05, 3.63) is 29.8 Å². The zero-order valence-corrected chi connectivity index (χ0v) is 28.0. The van der Waals surface area contributed by atoms with Crippen LogP contribution in [-0.2, 0) is 30.4 Å². The highest BCUT2D eigenvalue weighted by atomic mass is 16.4. The lowest BCUT2D eigenvalue weighted by Crippen LogP contribution is -2.58. The summed E-state index contributed by atoms with van der Waals surface area (Å²) in [6.45, 7) is 8.08. The number of carbonyl (C=O) groups excluding carboxylic acids is 4. The van der Waals surface area contributed by atoms with Gasteiger partial charge in [-0.1, -0.05) is 46.2 Å². The third-order valence-electron chi connectivity index (χ3n) is 8.54. The van der Waals surface area contributed by atoms with Crippen molar-refractivity contribution >= 4 is 35.4 Å². The van der Waals surface area contributed by atoms with Gasteiger partial charge in [0, 0.05) is 25.9 Å². The first-order chi connectivity index (χ1) is 22.1. The summed E-state index contributed by atoms with van der Waals surface area (Å²) in [6, 6.07) is 2.35. The Balaban J connectivity index is 2.26. The highest BCUT2D eigenvalue weighted by Crippen LogP contribution is 2.22. The van der Waals surface area contributed by atoms with E-state index in [9.17, 15) is 34.2 Å². The molecule has 0 aromatic heterocycles. The number of aliphatic imine (C=N–C) groups is 1. The van der Waals surface area contributed by atoms with E-state index >= 15 is 0 Å². The molecule has 1 aliphatic rings. The quantitative estimate of drug-likeness (QED) is 0.0632. The van der Waals surface area contributed by atoms with Crippen molar-refractivity contribution < 1.29 is 34.2 Å². The van der Waals surface area contributed by atoms with Crippen LogP contribution in [0.1, 0.15) is 78.2 Å². The van der Waals surface area contributed by atoms with Crippen molar-refractivity contribution in [2.75, 3.05) is 13.1 Å². The molecular weight excluding hydrogens is 606 g/mol. The number of Topliss-reactive ketones (excluding diaryl/α,β-unsaturated/α-hetero) is 1. The number of amides is 3. The van der Waals surface area contributed by atoms with Crippen LogP contribution in [0.5, 0.6) is 5.75 Å². The van der Waals surface area contributed by atoms with Gasteiger partial charge < -0.3 is 42.9 Å². The van der Waals surface area contributed by atoms with Gasteiger partial charge in [-0.15, -0.1) is 0 Å². The van der Waals surface area contributed by atoms with E-state index in [4.69, 9.17) is 17.2 Å². The number of carbonyl (C=O) groups is 5.